The van der Waals surface area contributed by atoms with Gasteiger partial charge in [-0.05, 0) is 0 Å². The molecular formula is CdO3Sn. The van der Waals surface area contributed by atoms with Crippen LogP contribution in [0.4, 0.5) is 0 Å². The zero-order valence-corrected chi connectivity index (χ0v) is 9.32. The van der Waals surface area contributed by atoms with Crippen LogP contribution in [0.5, 0.6) is 0 Å². The molecule has 0 aromatic rings. The summed E-state index contributed by atoms with van der Waals surface area (Å²) in [5.41, 5.74) is 0. The molecule has 3 nitrogen and oxygen atoms in total. The summed E-state index contributed by atoms with van der Waals surface area (Å²) in [7, 11) is 0. The predicted molar refractivity (Wildman–Crippen MR) is 7.81 cm³/mol. The molecule has 24 valence electrons. The SMILES string of the molecule is [Cd+2].[O-2].[O]=[Sn]=[O]. The fraction of sp³-hybridized carbons (Fsp3) is 0. The third-order valence-electron chi connectivity index (χ3n) is 0. The van der Waals surface area contributed by atoms with Gasteiger partial charge in [0.1, 0.15) is 0 Å². The molecule has 0 aromatic carbocycles. The van der Waals surface area contributed by atoms with Crippen LogP contribution in [0, 0.1) is 0 Å². The quantitative estimate of drug-likeness (QED) is 0.548. The van der Waals surface area contributed by atoms with Gasteiger partial charge in [0.25, 0.3) is 0 Å². The average Bonchev–Trinajstić information content (AvgIpc) is 0.918. The molecule has 0 N–H and O–H groups in total. The summed E-state index contributed by atoms with van der Waals surface area (Å²) >= 11 is -2.27. The first-order valence-electron chi connectivity index (χ1n) is 0.408. The Morgan fingerprint density at radius 1 is 1.20 bits per heavy atom. The molecule has 0 aliphatic heterocycles. The molecule has 5 heteroatoms. The minimum absolute atomic E-state index is 0. The van der Waals surface area contributed by atoms with Crippen LogP contribution in [0.25, 0.3) is 0 Å². The third kappa shape index (κ3) is 34.7. The normalized spacial score (nSPS) is 1.60. The second-order valence-corrected chi connectivity index (χ2v) is 0.559. The van der Waals surface area contributed by atoms with Gasteiger partial charge in [0.15, 0.2) is 0 Å². The molecule has 0 rings (SSSR count). The van der Waals surface area contributed by atoms with Crippen molar-refractivity contribution in [3.05, 3.63) is 0 Å². The van der Waals surface area contributed by atoms with Crippen molar-refractivity contribution in [1.29, 1.82) is 0 Å². The van der Waals surface area contributed by atoms with Crippen LogP contribution in [-0.2, 0) is 38.9 Å². The molecule has 0 bridgehead atoms. The summed E-state index contributed by atoms with van der Waals surface area (Å²) in [5.74, 6) is 0. The fourth-order valence-corrected chi connectivity index (χ4v) is 0. The topological polar surface area (TPSA) is 62.6 Å². The molecule has 0 spiro atoms. The summed E-state index contributed by atoms with van der Waals surface area (Å²) in [6.45, 7) is 0. The van der Waals surface area contributed by atoms with Crippen LogP contribution in [0.15, 0.2) is 0 Å². The molecule has 0 aromatic heterocycles. The average molecular weight is 279 g/mol. The van der Waals surface area contributed by atoms with Gasteiger partial charge in [0, 0.05) is 0 Å². The molecule has 0 saturated carbocycles. The third-order valence-corrected chi connectivity index (χ3v) is 0. The van der Waals surface area contributed by atoms with E-state index in [-0.39, 0.29) is 32.8 Å². The van der Waals surface area contributed by atoms with E-state index in [9.17, 15) is 0 Å². The summed E-state index contributed by atoms with van der Waals surface area (Å²) in [6.07, 6.45) is 0. The number of rotatable bonds is 0. The van der Waals surface area contributed by atoms with Crippen molar-refractivity contribution in [3.63, 3.8) is 0 Å². The Morgan fingerprint density at radius 3 is 1.20 bits per heavy atom. The molecule has 0 radical (unpaired) electrons. The minimum atomic E-state index is -2.27. The van der Waals surface area contributed by atoms with Crippen LogP contribution in [0.1, 0.15) is 0 Å². The maximum atomic E-state index is 8.54. The van der Waals surface area contributed by atoms with Crippen LogP contribution in [0.3, 0.4) is 0 Å². The van der Waals surface area contributed by atoms with Crippen molar-refractivity contribution in [3.8, 4) is 0 Å². The van der Waals surface area contributed by atoms with E-state index in [0.29, 0.717) is 0 Å². The van der Waals surface area contributed by atoms with Gasteiger partial charge in [-0.3, -0.25) is 0 Å². The van der Waals surface area contributed by atoms with Crippen LogP contribution < -0.4 is 0 Å². The van der Waals surface area contributed by atoms with E-state index in [1.54, 1.807) is 0 Å². The van der Waals surface area contributed by atoms with E-state index < -0.39 is 21.1 Å². The van der Waals surface area contributed by atoms with Gasteiger partial charge in [-0.15, -0.1) is 0 Å². The van der Waals surface area contributed by atoms with E-state index in [0.717, 1.165) is 0 Å². The fourth-order valence-electron chi connectivity index (χ4n) is 0. The van der Waals surface area contributed by atoms with Crippen LogP contribution >= 0.6 is 0 Å². The summed E-state index contributed by atoms with van der Waals surface area (Å²) in [5, 5.41) is 0. The summed E-state index contributed by atoms with van der Waals surface area (Å²) in [4.78, 5) is 0. The molecule has 5 heavy (non-hydrogen) atoms. The Bertz CT molecular complexity index is 27.9. The first-order valence-corrected chi connectivity index (χ1v) is 2.74. The number of hydrogen-bond donors (Lipinski definition) is 0. The Balaban J connectivity index is -0.0000000200. The zero-order valence-electron chi connectivity index (χ0n) is 2.43. The van der Waals surface area contributed by atoms with E-state index >= 15 is 0 Å². The van der Waals surface area contributed by atoms with E-state index in [1.807, 2.05) is 0 Å². The van der Waals surface area contributed by atoms with Crippen molar-refractivity contribution >= 4 is 21.1 Å². The Hall–Kier alpha value is 1.28. The molecule has 0 amide bonds. The molecule has 0 unspecified atom stereocenters. The molecule has 0 aliphatic rings. The van der Waals surface area contributed by atoms with Gasteiger partial charge < -0.3 is 5.48 Å². The Kier molecular flexibility index (Phi) is 60.5. The second-order valence-electron chi connectivity index (χ2n) is 0.0833. The molecule has 0 heterocycles. The standard InChI is InChI=1S/Cd.3O.Sn/q+2;;;-2;. The Morgan fingerprint density at radius 2 is 1.20 bits per heavy atom. The van der Waals surface area contributed by atoms with Gasteiger partial charge in [0.05, 0.1) is 0 Å². The van der Waals surface area contributed by atoms with Crippen molar-refractivity contribution in [2.45, 2.75) is 0 Å². The predicted octanol–water partition coefficient (Wildman–Crippen LogP) is -0.740. The van der Waals surface area contributed by atoms with Crippen molar-refractivity contribution < 1.29 is 38.9 Å². The van der Waals surface area contributed by atoms with Gasteiger partial charge in [-0.1, -0.05) is 0 Å². The molecular weight excluding hydrogens is 279 g/mol. The van der Waals surface area contributed by atoms with E-state index in [1.165, 1.54) is 0 Å². The van der Waals surface area contributed by atoms with Crippen molar-refractivity contribution in [2.24, 2.45) is 0 Å². The summed E-state index contributed by atoms with van der Waals surface area (Å²) in [6, 6.07) is 0. The zero-order chi connectivity index (χ0) is 2.71. The van der Waals surface area contributed by atoms with E-state index in [2.05, 4.69) is 0 Å². The van der Waals surface area contributed by atoms with Gasteiger partial charge in [-0.25, -0.2) is 0 Å². The molecule has 0 aliphatic carbocycles. The number of hydrogen-bond acceptors (Lipinski definition) is 2. The Labute approximate surface area is 59.6 Å². The summed E-state index contributed by atoms with van der Waals surface area (Å²) < 4.78 is 17.1. The maximum absolute atomic E-state index is 8.54. The molecule has 0 atom stereocenters. The first kappa shape index (κ1) is 16.3. The second kappa shape index (κ2) is 18.6. The van der Waals surface area contributed by atoms with Gasteiger partial charge in [-0.2, -0.15) is 0 Å². The first-order chi connectivity index (χ1) is 1.41. The van der Waals surface area contributed by atoms with Crippen LogP contribution in [0.2, 0.25) is 0 Å². The van der Waals surface area contributed by atoms with Crippen LogP contribution in [-0.4, -0.2) is 21.1 Å². The van der Waals surface area contributed by atoms with E-state index in [4.69, 9.17) is 6.15 Å². The monoisotopic (exact) mass is 282 g/mol. The van der Waals surface area contributed by atoms with Gasteiger partial charge in [0.2, 0.25) is 0 Å². The van der Waals surface area contributed by atoms with Crippen molar-refractivity contribution in [1.82, 2.24) is 0 Å². The molecule has 0 saturated heterocycles. The molecule has 0 fully saturated rings. The van der Waals surface area contributed by atoms with Gasteiger partial charge >= 0.3 is 54.6 Å². The van der Waals surface area contributed by atoms with Crippen molar-refractivity contribution in [2.75, 3.05) is 0 Å².